The van der Waals surface area contributed by atoms with Crippen molar-refractivity contribution in [3.05, 3.63) is 34.3 Å². The molecule has 0 aliphatic rings. The molecule has 0 N–H and O–H groups in total. The topological polar surface area (TPSA) is 9.23 Å². The average molecular weight is 383 g/mol. The first-order valence-electron chi connectivity index (χ1n) is 5.53. The fourth-order valence-electron chi connectivity index (χ4n) is 1.61. The van der Waals surface area contributed by atoms with Crippen LogP contribution in [-0.4, -0.2) is 25.1 Å². The molecule has 9 heteroatoms. The van der Waals surface area contributed by atoms with Gasteiger partial charge in [0.1, 0.15) is 0 Å². The summed E-state index contributed by atoms with van der Waals surface area (Å²) in [5.41, 5.74) is 0.0597. The molecule has 1 aromatic carbocycles. The van der Waals surface area contributed by atoms with Crippen LogP contribution in [0.25, 0.3) is 0 Å². The number of alkyl halides is 7. The second-order valence-corrected chi connectivity index (χ2v) is 5.18. The third-order valence-electron chi connectivity index (χ3n) is 2.76. The fourth-order valence-corrected chi connectivity index (χ4v) is 2.03. The van der Waals surface area contributed by atoms with Gasteiger partial charge in [0.2, 0.25) is 0 Å². The molecule has 0 amide bonds. The van der Waals surface area contributed by atoms with Gasteiger partial charge in [0, 0.05) is 18.0 Å². The number of methoxy groups -OCH3 is 1. The summed E-state index contributed by atoms with van der Waals surface area (Å²) in [5, 5.41) is 0. The van der Waals surface area contributed by atoms with E-state index in [0.29, 0.717) is 4.47 Å². The van der Waals surface area contributed by atoms with Crippen LogP contribution in [0.4, 0.5) is 30.7 Å². The number of halogens is 8. The third-order valence-corrected chi connectivity index (χ3v) is 3.26. The van der Waals surface area contributed by atoms with Gasteiger partial charge in [-0.1, -0.05) is 28.1 Å². The summed E-state index contributed by atoms with van der Waals surface area (Å²) in [5.74, 6) is -11.4. The van der Waals surface area contributed by atoms with E-state index in [9.17, 15) is 30.7 Å². The van der Waals surface area contributed by atoms with E-state index in [2.05, 4.69) is 20.7 Å². The molecule has 120 valence electrons. The van der Waals surface area contributed by atoms with Crippen LogP contribution in [0, 0.1) is 0 Å². The van der Waals surface area contributed by atoms with E-state index in [1.165, 1.54) is 18.2 Å². The van der Waals surface area contributed by atoms with Crippen molar-refractivity contribution in [2.24, 2.45) is 0 Å². The molecule has 0 spiro atoms. The van der Waals surface area contributed by atoms with E-state index in [1.54, 1.807) is 6.07 Å². The lowest BCUT2D eigenvalue weighted by Crippen LogP contribution is -2.52. The van der Waals surface area contributed by atoms with Crippen molar-refractivity contribution in [3.8, 4) is 0 Å². The first-order chi connectivity index (χ1) is 9.42. The van der Waals surface area contributed by atoms with Crippen molar-refractivity contribution in [2.45, 2.75) is 30.5 Å². The Labute approximate surface area is 124 Å². The Hall–Kier alpha value is -0.830. The molecular weight excluding hydrogens is 373 g/mol. The van der Waals surface area contributed by atoms with Gasteiger partial charge in [0.15, 0.2) is 0 Å². The quantitative estimate of drug-likeness (QED) is 0.623. The first-order valence-corrected chi connectivity index (χ1v) is 6.32. The highest BCUT2D eigenvalue weighted by Gasteiger charge is 2.73. The molecule has 0 fully saturated rings. The van der Waals surface area contributed by atoms with E-state index in [1.807, 2.05) is 0 Å². The van der Waals surface area contributed by atoms with E-state index in [0.717, 1.165) is 7.11 Å². The molecule has 1 atom stereocenters. The van der Waals surface area contributed by atoms with Crippen LogP contribution in [0.15, 0.2) is 28.7 Å². The second-order valence-electron chi connectivity index (χ2n) is 4.26. The summed E-state index contributed by atoms with van der Waals surface area (Å²) in [6.45, 7) is 0. The average Bonchev–Trinajstić information content (AvgIpc) is 2.34. The lowest BCUT2D eigenvalue weighted by molar-refractivity contribution is -0.358. The summed E-state index contributed by atoms with van der Waals surface area (Å²) in [7, 11) is 0.952. The van der Waals surface area contributed by atoms with E-state index >= 15 is 0 Å². The molecule has 0 saturated carbocycles. The predicted octanol–water partition coefficient (Wildman–Crippen LogP) is 5.36. The first kappa shape index (κ1) is 18.2. The Morgan fingerprint density at radius 3 is 2.10 bits per heavy atom. The molecule has 0 aromatic heterocycles. The van der Waals surface area contributed by atoms with Gasteiger partial charge in [0.05, 0.1) is 6.10 Å². The van der Waals surface area contributed by atoms with Crippen LogP contribution in [0.1, 0.15) is 18.1 Å². The summed E-state index contributed by atoms with van der Waals surface area (Å²) < 4.78 is 93.7. The maximum atomic E-state index is 13.4. The van der Waals surface area contributed by atoms with Crippen molar-refractivity contribution < 1.29 is 35.5 Å². The molecule has 0 saturated heterocycles. The maximum Gasteiger partial charge on any atom is 0.459 e. The van der Waals surface area contributed by atoms with Crippen molar-refractivity contribution in [1.29, 1.82) is 0 Å². The van der Waals surface area contributed by atoms with Crippen LogP contribution >= 0.6 is 15.9 Å². The third kappa shape index (κ3) is 3.88. The van der Waals surface area contributed by atoms with Crippen molar-refractivity contribution in [3.63, 3.8) is 0 Å². The Morgan fingerprint density at radius 2 is 1.67 bits per heavy atom. The molecule has 0 bridgehead atoms. The van der Waals surface area contributed by atoms with Gasteiger partial charge in [-0.15, -0.1) is 0 Å². The Morgan fingerprint density at radius 1 is 1.10 bits per heavy atom. The zero-order valence-corrected chi connectivity index (χ0v) is 12.1. The molecule has 1 aromatic rings. The molecule has 0 heterocycles. The van der Waals surface area contributed by atoms with Crippen LogP contribution < -0.4 is 0 Å². The van der Waals surface area contributed by atoms with Gasteiger partial charge in [-0.05, 0) is 17.7 Å². The fraction of sp³-hybridized carbons (Fsp3) is 0.500. The van der Waals surface area contributed by atoms with E-state index in [4.69, 9.17) is 0 Å². The normalized spacial score (nSPS) is 15.1. The monoisotopic (exact) mass is 382 g/mol. The number of rotatable bonds is 5. The highest BCUT2D eigenvalue weighted by molar-refractivity contribution is 9.10. The van der Waals surface area contributed by atoms with E-state index < -0.39 is 30.5 Å². The van der Waals surface area contributed by atoms with Crippen molar-refractivity contribution in [1.82, 2.24) is 0 Å². The lowest BCUT2D eigenvalue weighted by Gasteiger charge is -2.30. The summed E-state index contributed by atoms with van der Waals surface area (Å²) in [6, 6.07) is 5.56. The molecule has 1 nitrogen and oxygen atoms in total. The highest BCUT2D eigenvalue weighted by Crippen LogP contribution is 2.50. The van der Waals surface area contributed by atoms with Gasteiger partial charge in [-0.25, -0.2) is 0 Å². The Balaban J connectivity index is 3.05. The number of hydrogen-bond acceptors (Lipinski definition) is 1. The van der Waals surface area contributed by atoms with Crippen molar-refractivity contribution in [2.75, 3.05) is 7.11 Å². The maximum absolute atomic E-state index is 13.4. The van der Waals surface area contributed by atoms with Gasteiger partial charge in [-0.2, -0.15) is 30.7 Å². The minimum absolute atomic E-state index is 0.0597. The standard InChI is InChI=1S/C12H10BrF7O/c1-21-9(7-3-2-4-8(13)5-7)6-10(14,15)11(16,17)12(18,19)20/h2-5,9H,6H2,1H3. The van der Waals surface area contributed by atoms with E-state index in [-0.39, 0.29) is 5.56 Å². The summed E-state index contributed by atoms with van der Waals surface area (Å²) in [6.07, 6.45) is -9.75. The van der Waals surface area contributed by atoms with Crippen molar-refractivity contribution >= 4 is 15.9 Å². The molecule has 0 radical (unpaired) electrons. The predicted molar refractivity (Wildman–Crippen MR) is 64.5 cm³/mol. The zero-order valence-electron chi connectivity index (χ0n) is 10.5. The molecule has 0 aliphatic carbocycles. The van der Waals surface area contributed by atoms with Gasteiger partial charge in [-0.3, -0.25) is 0 Å². The smallest absolute Gasteiger partial charge is 0.377 e. The molecular formula is C12H10BrF7O. The number of hydrogen-bond donors (Lipinski definition) is 0. The van der Waals surface area contributed by atoms with Gasteiger partial charge >= 0.3 is 18.0 Å². The largest absolute Gasteiger partial charge is 0.459 e. The van der Waals surface area contributed by atoms with Gasteiger partial charge < -0.3 is 4.74 Å². The van der Waals surface area contributed by atoms with Gasteiger partial charge in [0.25, 0.3) is 0 Å². The van der Waals surface area contributed by atoms with Crippen LogP contribution in [0.3, 0.4) is 0 Å². The zero-order chi connectivity index (χ0) is 16.5. The molecule has 21 heavy (non-hydrogen) atoms. The molecule has 1 rings (SSSR count). The summed E-state index contributed by atoms with van der Waals surface area (Å²) >= 11 is 3.04. The minimum Gasteiger partial charge on any atom is -0.377 e. The van der Waals surface area contributed by atoms with Crippen LogP contribution in [0.2, 0.25) is 0 Å². The SMILES string of the molecule is COC(CC(F)(F)C(F)(F)C(F)(F)F)c1cccc(Br)c1. The van der Waals surface area contributed by atoms with Crippen LogP contribution in [0.5, 0.6) is 0 Å². The number of benzene rings is 1. The minimum atomic E-state index is -6.34. The molecule has 1 unspecified atom stereocenters. The summed E-state index contributed by atoms with van der Waals surface area (Å²) in [4.78, 5) is 0. The molecule has 0 aliphatic heterocycles. The Kier molecular flexibility index (Phi) is 5.31. The Bertz CT molecular complexity index is 487. The second kappa shape index (κ2) is 6.12. The number of ether oxygens (including phenoxy) is 1. The lowest BCUT2D eigenvalue weighted by atomic mass is 9.98. The van der Waals surface area contributed by atoms with Crippen LogP contribution in [-0.2, 0) is 4.74 Å². The highest BCUT2D eigenvalue weighted by atomic mass is 79.9.